The number of aromatic nitrogens is 3. The number of hydrogen-bond acceptors (Lipinski definition) is 5. The first-order chi connectivity index (χ1) is 5.74. The highest BCUT2D eigenvalue weighted by molar-refractivity contribution is 7.99. The Balaban J connectivity index is 2.45. The molecule has 0 spiro atoms. The first kappa shape index (κ1) is 9.73. The molecule has 12 heavy (non-hydrogen) atoms. The summed E-state index contributed by atoms with van der Waals surface area (Å²) in [4.78, 5) is 4.05. The van der Waals surface area contributed by atoms with E-state index >= 15 is 0 Å². The largest absolute Gasteiger partial charge is 0.366 e. The van der Waals surface area contributed by atoms with Crippen molar-refractivity contribution in [2.45, 2.75) is 11.6 Å². The molecule has 1 aromatic rings. The van der Waals surface area contributed by atoms with E-state index in [-0.39, 0.29) is 0 Å². The zero-order valence-electron chi connectivity index (χ0n) is 6.90. The molecule has 0 unspecified atom stereocenters. The van der Waals surface area contributed by atoms with Crippen LogP contribution in [0.5, 0.6) is 0 Å². The molecule has 2 N–H and O–H groups in total. The fraction of sp³-hybridized carbons (Fsp3) is 0.667. The number of nitrogen functional groups attached to an aromatic ring is 1. The van der Waals surface area contributed by atoms with E-state index < -0.39 is 0 Å². The molecule has 0 fully saturated rings. The SMILES string of the molecule is Cn1nc(N)nc1SCCCS. The first-order valence-corrected chi connectivity index (χ1v) is 5.26. The summed E-state index contributed by atoms with van der Waals surface area (Å²) in [6.07, 6.45) is 1.07. The van der Waals surface area contributed by atoms with Gasteiger partial charge in [0.1, 0.15) is 0 Å². The highest BCUT2D eigenvalue weighted by Crippen LogP contribution is 2.16. The van der Waals surface area contributed by atoms with Gasteiger partial charge in [-0.3, -0.25) is 0 Å². The van der Waals surface area contributed by atoms with Crippen LogP contribution in [-0.2, 0) is 7.05 Å². The van der Waals surface area contributed by atoms with Gasteiger partial charge in [0, 0.05) is 12.8 Å². The molecule has 0 aliphatic carbocycles. The summed E-state index contributed by atoms with van der Waals surface area (Å²) in [6, 6.07) is 0. The quantitative estimate of drug-likeness (QED) is 0.433. The molecule has 68 valence electrons. The molecule has 0 radical (unpaired) electrons. The maximum absolute atomic E-state index is 5.41. The minimum Gasteiger partial charge on any atom is -0.366 e. The Hall–Kier alpha value is -0.360. The Kier molecular flexibility index (Phi) is 3.74. The van der Waals surface area contributed by atoms with Crippen molar-refractivity contribution in [2.24, 2.45) is 7.05 Å². The Morgan fingerprint density at radius 3 is 2.92 bits per heavy atom. The predicted octanol–water partition coefficient (Wildman–Crippen LogP) is 0.809. The normalized spacial score (nSPS) is 10.5. The molecule has 0 saturated heterocycles. The van der Waals surface area contributed by atoms with E-state index in [4.69, 9.17) is 5.73 Å². The van der Waals surface area contributed by atoms with Gasteiger partial charge in [-0.25, -0.2) is 4.68 Å². The van der Waals surface area contributed by atoms with Gasteiger partial charge in [0.15, 0.2) is 5.16 Å². The molecule has 0 aliphatic heterocycles. The predicted molar refractivity (Wildman–Crippen MR) is 54.6 cm³/mol. The molecule has 0 aliphatic rings. The average molecular weight is 204 g/mol. The lowest BCUT2D eigenvalue weighted by Crippen LogP contribution is -1.94. The van der Waals surface area contributed by atoms with Crippen molar-refractivity contribution in [1.82, 2.24) is 14.8 Å². The van der Waals surface area contributed by atoms with Crippen molar-refractivity contribution in [1.29, 1.82) is 0 Å². The second-order valence-corrected chi connectivity index (χ2v) is 3.81. The van der Waals surface area contributed by atoms with Gasteiger partial charge >= 0.3 is 0 Å². The highest BCUT2D eigenvalue weighted by Gasteiger charge is 2.03. The number of aryl methyl sites for hydroxylation is 1. The van der Waals surface area contributed by atoms with Crippen molar-refractivity contribution in [3.05, 3.63) is 0 Å². The van der Waals surface area contributed by atoms with Gasteiger partial charge in [-0.15, -0.1) is 5.10 Å². The molecule has 1 heterocycles. The van der Waals surface area contributed by atoms with Gasteiger partial charge in [-0.1, -0.05) is 11.8 Å². The lowest BCUT2D eigenvalue weighted by Gasteiger charge is -1.96. The van der Waals surface area contributed by atoms with E-state index in [0.29, 0.717) is 5.95 Å². The summed E-state index contributed by atoms with van der Waals surface area (Å²) in [5.74, 6) is 2.25. The van der Waals surface area contributed by atoms with Crippen LogP contribution in [0.2, 0.25) is 0 Å². The molecule has 1 aromatic heterocycles. The Labute approximate surface area is 81.3 Å². The van der Waals surface area contributed by atoms with Crippen molar-refractivity contribution in [3.8, 4) is 0 Å². The Morgan fingerprint density at radius 1 is 1.67 bits per heavy atom. The van der Waals surface area contributed by atoms with E-state index in [1.165, 1.54) is 0 Å². The van der Waals surface area contributed by atoms with Crippen LogP contribution < -0.4 is 5.73 Å². The number of nitrogens with zero attached hydrogens (tertiary/aromatic N) is 3. The van der Waals surface area contributed by atoms with Crippen LogP contribution in [0.4, 0.5) is 5.95 Å². The second kappa shape index (κ2) is 4.61. The summed E-state index contributed by atoms with van der Waals surface area (Å²) >= 11 is 5.77. The van der Waals surface area contributed by atoms with Gasteiger partial charge in [-0.2, -0.15) is 17.6 Å². The van der Waals surface area contributed by atoms with Crippen molar-refractivity contribution >= 4 is 30.3 Å². The van der Waals surface area contributed by atoms with Crippen molar-refractivity contribution in [2.75, 3.05) is 17.2 Å². The van der Waals surface area contributed by atoms with E-state index in [0.717, 1.165) is 23.1 Å². The monoisotopic (exact) mass is 204 g/mol. The molecule has 6 heteroatoms. The summed E-state index contributed by atoms with van der Waals surface area (Å²) in [7, 11) is 1.84. The fourth-order valence-corrected chi connectivity index (χ4v) is 1.97. The number of nitrogens with two attached hydrogens (primary N) is 1. The molecular weight excluding hydrogens is 192 g/mol. The van der Waals surface area contributed by atoms with Gasteiger partial charge in [0.2, 0.25) is 5.95 Å². The standard InChI is InChI=1S/C6H12N4S2/c1-10-6(8-5(7)9-10)12-4-2-3-11/h11H,2-4H2,1H3,(H2,7,9). The van der Waals surface area contributed by atoms with E-state index in [1.54, 1.807) is 16.4 Å². The van der Waals surface area contributed by atoms with Gasteiger partial charge in [-0.05, 0) is 12.2 Å². The molecule has 0 amide bonds. The molecule has 4 nitrogen and oxygen atoms in total. The molecule has 0 aromatic carbocycles. The summed E-state index contributed by atoms with van der Waals surface area (Å²) in [5.41, 5.74) is 5.41. The third-order valence-corrected chi connectivity index (χ3v) is 2.70. The van der Waals surface area contributed by atoms with Gasteiger partial charge < -0.3 is 5.73 Å². The van der Waals surface area contributed by atoms with Crippen LogP contribution in [0, 0.1) is 0 Å². The minimum absolute atomic E-state index is 0.339. The molecule has 0 bridgehead atoms. The summed E-state index contributed by atoms with van der Waals surface area (Å²) in [5, 5.41) is 4.80. The number of hydrogen-bond donors (Lipinski definition) is 2. The molecular formula is C6H12N4S2. The minimum atomic E-state index is 0.339. The molecule has 1 rings (SSSR count). The first-order valence-electron chi connectivity index (χ1n) is 3.64. The average Bonchev–Trinajstić information content (AvgIpc) is 2.31. The third kappa shape index (κ3) is 2.60. The van der Waals surface area contributed by atoms with E-state index in [9.17, 15) is 0 Å². The van der Waals surface area contributed by atoms with Crippen LogP contribution in [0.3, 0.4) is 0 Å². The van der Waals surface area contributed by atoms with Crippen LogP contribution in [-0.4, -0.2) is 26.3 Å². The van der Waals surface area contributed by atoms with Crippen LogP contribution in [0.1, 0.15) is 6.42 Å². The lowest BCUT2D eigenvalue weighted by atomic mass is 10.6. The smallest absolute Gasteiger partial charge is 0.240 e. The third-order valence-electron chi connectivity index (χ3n) is 1.27. The molecule has 0 atom stereocenters. The van der Waals surface area contributed by atoms with Crippen molar-refractivity contribution < 1.29 is 0 Å². The van der Waals surface area contributed by atoms with E-state index in [2.05, 4.69) is 22.7 Å². The lowest BCUT2D eigenvalue weighted by molar-refractivity contribution is 0.686. The zero-order chi connectivity index (χ0) is 8.97. The number of anilines is 1. The maximum atomic E-state index is 5.41. The molecule has 0 saturated carbocycles. The van der Waals surface area contributed by atoms with E-state index in [1.807, 2.05) is 7.05 Å². The summed E-state index contributed by atoms with van der Waals surface area (Å²) in [6.45, 7) is 0. The maximum Gasteiger partial charge on any atom is 0.240 e. The van der Waals surface area contributed by atoms with Gasteiger partial charge in [0.25, 0.3) is 0 Å². The topological polar surface area (TPSA) is 56.7 Å². The zero-order valence-corrected chi connectivity index (χ0v) is 8.61. The van der Waals surface area contributed by atoms with Crippen LogP contribution >= 0.6 is 24.4 Å². The number of thioether (sulfide) groups is 1. The second-order valence-electron chi connectivity index (χ2n) is 2.30. The Morgan fingerprint density at radius 2 is 2.42 bits per heavy atom. The highest BCUT2D eigenvalue weighted by atomic mass is 32.2. The Bertz CT molecular complexity index is 248. The van der Waals surface area contributed by atoms with Gasteiger partial charge in [0.05, 0.1) is 0 Å². The fourth-order valence-electron chi connectivity index (χ4n) is 0.743. The number of thiol groups is 1. The van der Waals surface area contributed by atoms with Crippen molar-refractivity contribution in [3.63, 3.8) is 0 Å². The number of rotatable bonds is 4. The van der Waals surface area contributed by atoms with Crippen LogP contribution in [0.15, 0.2) is 5.16 Å². The van der Waals surface area contributed by atoms with Crippen LogP contribution in [0.25, 0.3) is 0 Å². The summed E-state index contributed by atoms with van der Waals surface area (Å²) < 4.78 is 1.69.